The lowest BCUT2D eigenvalue weighted by molar-refractivity contribution is 0.513. The quantitative estimate of drug-likeness (QED) is 0.504. The second-order valence-electron chi connectivity index (χ2n) is 6.02. The highest BCUT2D eigenvalue weighted by molar-refractivity contribution is 7.90. The first-order chi connectivity index (χ1) is 12.8. The normalized spacial score (nSPS) is 11.3. The summed E-state index contributed by atoms with van der Waals surface area (Å²) in [5, 5.41) is 10.3. The summed E-state index contributed by atoms with van der Waals surface area (Å²) in [5.41, 5.74) is 2.58. The van der Waals surface area contributed by atoms with Gasteiger partial charge >= 0.3 is 0 Å². The van der Waals surface area contributed by atoms with Crippen LogP contribution in [0.4, 0.5) is 0 Å². The van der Waals surface area contributed by atoms with Crippen LogP contribution in [0.15, 0.2) is 78.2 Å². The molecule has 0 saturated carbocycles. The van der Waals surface area contributed by atoms with E-state index in [4.69, 9.17) is 23.2 Å². The number of hydrogen-bond acceptors (Lipinski definition) is 3. The Morgan fingerprint density at radius 2 is 1.63 bits per heavy atom. The van der Waals surface area contributed by atoms with Crippen molar-refractivity contribution in [2.75, 3.05) is 0 Å². The number of halogens is 2. The number of aliphatic hydroxyl groups is 1. The predicted octanol–water partition coefficient (Wildman–Crippen LogP) is 6.16. The second kappa shape index (κ2) is 7.77. The monoisotopic (exact) mass is 418 g/mol. The van der Waals surface area contributed by atoms with E-state index in [9.17, 15) is 13.5 Å². The Morgan fingerprint density at radius 3 is 2.30 bits per heavy atom. The zero-order valence-corrected chi connectivity index (χ0v) is 16.5. The van der Waals surface area contributed by atoms with Gasteiger partial charge in [-0.3, -0.25) is 0 Å². The van der Waals surface area contributed by atoms with E-state index in [1.165, 1.54) is 18.2 Å². The number of hydrogen-bond donors (Lipinski definition) is 1. The summed E-state index contributed by atoms with van der Waals surface area (Å²) in [4.78, 5) is -0.0451. The average molecular weight is 419 g/mol. The molecule has 0 unspecified atom stereocenters. The summed E-state index contributed by atoms with van der Waals surface area (Å²) in [6.45, 7) is 3.54. The summed E-state index contributed by atoms with van der Waals surface area (Å²) in [6.07, 6.45) is 0. The second-order valence-corrected chi connectivity index (χ2v) is 8.82. The van der Waals surface area contributed by atoms with Crippen LogP contribution in [0.2, 0.25) is 10.0 Å². The molecule has 3 nitrogen and oxygen atoms in total. The lowest BCUT2D eigenvalue weighted by Gasteiger charge is -2.13. The van der Waals surface area contributed by atoms with Crippen LogP contribution in [0.5, 0.6) is 0 Å². The van der Waals surface area contributed by atoms with Gasteiger partial charge < -0.3 is 5.11 Å². The van der Waals surface area contributed by atoms with Crippen LogP contribution < -0.4 is 0 Å². The van der Waals surface area contributed by atoms with Gasteiger partial charge in [-0.2, -0.15) is 0 Å². The van der Waals surface area contributed by atoms with Gasteiger partial charge in [0.25, 0.3) is 0 Å². The largest absolute Gasteiger partial charge is 0.508 e. The third-order valence-corrected chi connectivity index (χ3v) is 6.47. The van der Waals surface area contributed by atoms with Crippen molar-refractivity contribution in [1.29, 1.82) is 0 Å². The summed E-state index contributed by atoms with van der Waals surface area (Å²) < 4.78 is 25.9. The molecule has 0 aliphatic rings. The van der Waals surface area contributed by atoms with Gasteiger partial charge in [0, 0.05) is 10.6 Å². The predicted molar refractivity (Wildman–Crippen MR) is 111 cm³/mol. The molecule has 0 aromatic heterocycles. The van der Waals surface area contributed by atoms with Crippen LogP contribution in [-0.2, 0) is 15.6 Å². The third-order valence-electron chi connectivity index (χ3n) is 4.10. The van der Waals surface area contributed by atoms with Crippen LogP contribution >= 0.6 is 23.2 Å². The highest BCUT2D eigenvalue weighted by atomic mass is 35.5. The van der Waals surface area contributed by atoms with Crippen molar-refractivity contribution in [1.82, 2.24) is 0 Å². The Hall–Kier alpha value is -2.27. The molecule has 0 saturated heterocycles. The van der Waals surface area contributed by atoms with Gasteiger partial charge in [0.2, 0.25) is 0 Å². The molecule has 3 rings (SSSR count). The van der Waals surface area contributed by atoms with Crippen LogP contribution in [0, 0.1) is 0 Å². The molecule has 3 aromatic carbocycles. The zero-order valence-electron chi connectivity index (χ0n) is 14.2. The average Bonchev–Trinajstić information content (AvgIpc) is 2.63. The topological polar surface area (TPSA) is 54.4 Å². The van der Waals surface area contributed by atoms with Gasteiger partial charge in [-0.1, -0.05) is 72.2 Å². The molecule has 0 aliphatic carbocycles. The molecule has 0 fully saturated rings. The van der Waals surface area contributed by atoms with Crippen molar-refractivity contribution in [3.63, 3.8) is 0 Å². The van der Waals surface area contributed by atoms with Crippen LogP contribution in [-0.4, -0.2) is 13.5 Å². The fourth-order valence-electron chi connectivity index (χ4n) is 2.80. The lowest BCUT2D eigenvalue weighted by atomic mass is 9.99. The fourth-order valence-corrected chi connectivity index (χ4v) is 4.99. The van der Waals surface area contributed by atoms with Gasteiger partial charge in [-0.25, -0.2) is 8.42 Å². The number of rotatable bonds is 5. The standard InChI is InChI=1S/C21H16Cl2O3S/c1-14(24)19-9-7-16(15-5-3-2-4-6-15)11-17(19)13-27(25,26)21-12-18(22)8-10-20(21)23/h2-12,24H,1,13H2. The van der Waals surface area contributed by atoms with E-state index in [0.29, 0.717) is 11.1 Å². The molecule has 3 aromatic rings. The Balaban J connectivity index is 2.09. The van der Waals surface area contributed by atoms with Crippen molar-refractivity contribution < 1.29 is 13.5 Å². The summed E-state index contributed by atoms with van der Waals surface area (Å²) >= 11 is 12.0. The van der Waals surface area contributed by atoms with E-state index >= 15 is 0 Å². The lowest BCUT2D eigenvalue weighted by Crippen LogP contribution is -2.08. The van der Waals surface area contributed by atoms with Crippen molar-refractivity contribution in [2.24, 2.45) is 0 Å². The van der Waals surface area contributed by atoms with E-state index in [0.717, 1.165) is 11.1 Å². The fraction of sp³-hybridized carbons (Fsp3) is 0.0476. The van der Waals surface area contributed by atoms with E-state index in [-0.39, 0.29) is 26.5 Å². The Labute approximate surface area is 168 Å². The van der Waals surface area contributed by atoms with E-state index in [2.05, 4.69) is 6.58 Å². The molecule has 6 heteroatoms. The first kappa shape index (κ1) is 19.5. The van der Waals surface area contributed by atoms with Gasteiger partial charge in [-0.15, -0.1) is 0 Å². The molecule has 0 atom stereocenters. The first-order valence-corrected chi connectivity index (χ1v) is 10.4. The Morgan fingerprint density at radius 1 is 0.926 bits per heavy atom. The minimum Gasteiger partial charge on any atom is -0.508 e. The highest BCUT2D eigenvalue weighted by Crippen LogP contribution is 2.31. The molecule has 138 valence electrons. The summed E-state index contributed by atoms with van der Waals surface area (Å²) in [5.74, 6) is -0.542. The van der Waals surface area contributed by atoms with Crippen molar-refractivity contribution in [2.45, 2.75) is 10.6 Å². The molecule has 0 amide bonds. The van der Waals surface area contributed by atoms with Crippen LogP contribution in [0.25, 0.3) is 16.9 Å². The van der Waals surface area contributed by atoms with Gasteiger partial charge in [-0.05, 0) is 41.0 Å². The molecular formula is C21H16Cl2O3S. The first-order valence-electron chi connectivity index (χ1n) is 8.02. The maximum atomic E-state index is 12.9. The van der Waals surface area contributed by atoms with Crippen molar-refractivity contribution in [3.8, 4) is 11.1 Å². The third kappa shape index (κ3) is 4.35. The van der Waals surface area contributed by atoms with Gasteiger partial charge in [0.1, 0.15) is 5.76 Å². The summed E-state index contributed by atoms with van der Waals surface area (Å²) in [7, 11) is -3.79. The Bertz CT molecular complexity index is 1110. The van der Waals surface area contributed by atoms with E-state index in [1.807, 2.05) is 36.4 Å². The molecule has 0 heterocycles. The smallest absolute Gasteiger partial charge is 0.184 e. The summed E-state index contributed by atoms with van der Waals surface area (Å²) in [6, 6.07) is 19.1. The van der Waals surface area contributed by atoms with Crippen molar-refractivity contribution >= 4 is 38.8 Å². The molecule has 0 radical (unpaired) electrons. The van der Waals surface area contributed by atoms with Gasteiger partial charge in [0.05, 0.1) is 15.7 Å². The number of aliphatic hydroxyl groups excluding tert-OH is 1. The minimum absolute atomic E-state index is 0.0451. The molecule has 0 spiro atoms. The van der Waals surface area contributed by atoms with Gasteiger partial charge in [0.15, 0.2) is 9.84 Å². The molecule has 0 bridgehead atoms. The van der Waals surface area contributed by atoms with Crippen molar-refractivity contribution in [3.05, 3.63) is 94.5 Å². The molecular weight excluding hydrogens is 403 g/mol. The highest BCUT2D eigenvalue weighted by Gasteiger charge is 2.22. The SMILES string of the molecule is C=C(O)c1ccc(-c2ccccc2)cc1CS(=O)(=O)c1cc(Cl)ccc1Cl. The molecule has 0 aliphatic heterocycles. The molecule has 1 N–H and O–H groups in total. The minimum atomic E-state index is -3.79. The zero-order chi connectivity index (χ0) is 19.6. The number of sulfone groups is 1. The Kier molecular flexibility index (Phi) is 5.61. The maximum absolute atomic E-state index is 12.9. The van der Waals surface area contributed by atoms with E-state index < -0.39 is 9.84 Å². The maximum Gasteiger partial charge on any atom is 0.184 e. The van der Waals surface area contributed by atoms with Crippen LogP contribution in [0.1, 0.15) is 11.1 Å². The number of benzene rings is 3. The van der Waals surface area contributed by atoms with E-state index in [1.54, 1.807) is 12.1 Å². The molecule has 27 heavy (non-hydrogen) atoms. The van der Waals surface area contributed by atoms with Crippen LogP contribution in [0.3, 0.4) is 0 Å².